The topological polar surface area (TPSA) is 50.8 Å². The number of fused-ring (bicyclic) bond motifs is 1. The minimum absolute atomic E-state index is 0.0410. The summed E-state index contributed by atoms with van der Waals surface area (Å²) in [5, 5.41) is 5.16. The van der Waals surface area contributed by atoms with Crippen LogP contribution in [0.15, 0.2) is 29.6 Å². The smallest absolute Gasteiger partial charge is 0.234 e. The SMILES string of the molecule is COc1cc2c(cc1OC)C(c1cccs1)N(CC(=O)NC(C)(C)C)CC2. The van der Waals surface area contributed by atoms with Gasteiger partial charge in [0.25, 0.3) is 0 Å². The summed E-state index contributed by atoms with van der Waals surface area (Å²) in [6.07, 6.45) is 0.875. The summed E-state index contributed by atoms with van der Waals surface area (Å²) < 4.78 is 11.0. The molecule has 0 saturated heterocycles. The van der Waals surface area contributed by atoms with Gasteiger partial charge in [0.1, 0.15) is 0 Å². The molecule has 0 aliphatic carbocycles. The average Bonchev–Trinajstić information content (AvgIpc) is 3.12. The van der Waals surface area contributed by atoms with Gasteiger partial charge < -0.3 is 14.8 Å². The highest BCUT2D eigenvalue weighted by atomic mass is 32.1. The van der Waals surface area contributed by atoms with Gasteiger partial charge in [-0.3, -0.25) is 9.69 Å². The Morgan fingerprint density at radius 1 is 1.26 bits per heavy atom. The van der Waals surface area contributed by atoms with Crippen molar-refractivity contribution in [3.05, 3.63) is 45.6 Å². The van der Waals surface area contributed by atoms with Crippen molar-refractivity contribution in [2.45, 2.75) is 38.8 Å². The van der Waals surface area contributed by atoms with E-state index in [4.69, 9.17) is 9.47 Å². The lowest BCUT2D eigenvalue weighted by atomic mass is 9.90. The normalized spacial score (nSPS) is 17.3. The maximum atomic E-state index is 12.6. The van der Waals surface area contributed by atoms with Crippen molar-refractivity contribution >= 4 is 17.2 Å². The number of rotatable bonds is 5. The van der Waals surface area contributed by atoms with E-state index >= 15 is 0 Å². The highest BCUT2D eigenvalue weighted by Crippen LogP contribution is 2.42. The molecule has 27 heavy (non-hydrogen) atoms. The molecule has 146 valence electrons. The van der Waals surface area contributed by atoms with Crippen LogP contribution in [0.1, 0.15) is 42.8 Å². The third-order valence-electron chi connectivity index (χ3n) is 4.65. The second-order valence-electron chi connectivity index (χ2n) is 7.84. The van der Waals surface area contributed by atoms with E-state index in [0.29, 0.717) is 6.54 Å². The summed E-state index contributed by atoms with van der Waals surface area (Å²) in [6, 6.07) is 8.37. The fraction of sp³-hybridized carbons (Fsp3) is 0.476. The first-order chi connectivity index (χ1) is 12.8. The minimum atomic E-state index is -0.236. The van der Waals surface area contributed by atoms with Gasteiger partial charge in [-0.2, -0.15) is 0 Å². The van der Waals surface area contributed by atoms with Gasteiger partial charge in [-0.05, 0) is 61.9 Å². The van der Waals surface area contributed by atoms with E-state index in [2.05, 4.69) is 39.9 Å². The van der Waals surface area contributed by atoms with E-state index in [-0.39, 0.29) is 17.5 Å². The molecule has 1 amide bonds. The van der Waals surface area contributed by atoms with E-state index < -0.39 is 0 Å². The van der Waals surface area contributed by atoms with Crippen LogP contribution in [0.5, 0.6) is 11.5 Å². The van der Waals surface area contributed by atoms with Gasteiger partial charge in [0, 0.05) is 17.0 Å². The number of hydrogen-bond donors (Lipinski definition) is 1. The number of ether oxygens (including phenoxy) is 2. The fourth-order valence-corrected chi connectivity index (χ4v) is 4.47. The second-order valence-corrected chi connectivity index (χ2v) is 8.82. The lowest BCUT2D eigenvalue weighted by Crippen LogP contribution is -2.48. The Kier molecular flexibility index (Phi) is 5.77. The zero-order valence-electron chi connectivity index (χ0n) is 16.7. The molecule has 6 heteroatoms. The monoisotopic (exact) mass is 388 g/mol. The molecule has 1 unspecified atom stereocenters. The second kappa shape index (κ2) is 7.90. The van der Waals surface area contributed by atoms with Crippen molar-refractivity contribution in [1.29, 1.82) is 0 Å². The molecule has 1 aromatic carbocycles. The number of nitrogens with zero attached hydrogens (tertiary/aromatic N) is 1. The Morgan fingerprint density at radius 2 is 1.96 bits per heavy atom. The number of methoxy groups -OCH3 is 2. The maximum absolute atomic E-state index is 12.6. The predicted octanol–water partition coefficient (Wildman–Crippen LogP) is 3.63. The Morgan fingerprint density at radius 3 is 2.56 bits per heavy atom. The summed E-state index contributed by atoms with van der Waals surface area (Å²) in [5.41, 5.74) is 2.20. The quantitative estimate of drug-likeness (QED) is 0.850. The average molecular weight is 389 g/mol. The molecular formula is C21H28N2O3S. The standard InChI is InChI=1S/C21H28N2O3S/c1-21(2,3)22-19(24)13-23-9-8-14-11-16(25-4)17(26-5)12-15(14)20(23)18-7-6-10-27-18/h6-7,10-12,20H,8-9,13H2,1-5H3,(H,22,24). The number of nitrogens with one attached hydrogen (secondary N) is 1. The molecule has 1 aliphatic rings. The van der Waals surface area contributed by atoms with Crippen LogP contribution in [0.2, 0.25) is 0 Å². The van der Waals surface area contributed by atoms with Gasteiger partial charge >= 0.3 is 0 Å². The largest absolute Gasteiger partial charge is 0.493 e. The first-order valence-electron chi connectivity index (χ1n) is 9.15. The predicted molar refractivity (Wildman–Crippen MR) is 109 cm³/mol. The van der Waals surface area contributed by atoms with Gasteiger partial charge in [-0.15, -0.1) is 11.3 Å². The molecule has 1 aliphatic heterocycles. The summed E-state index contributed by atoms with van der Waals surface area (Å²) in [6.45, 7) is 7.20. The molecule has 1 aromatic heterocycles. The molecule has 1 atom stereocenters. The number of thiophene rings is 1. The van der Waals surface area contributed by atoms with Crippen LogP contribution in [0.4, 0.5) is 0 Å². The van der Waals surface area contributed by atoms with E-state index in [0.717, 1.165) is 24.5 Å². The number of carbonyl (C=O) groups excluding carboxylic acids is 1. The molecule has 0 saturated carbocycles. The van der Waals surface area contributed by atoms with Crippen LogP contribution in [-0.2, 0) is 11.2 Å². The van der Waals surface area contributed by atoms with Gasteiger partial charge in [0.05, 0.1) is 26.8 Å². The molecule has 1 N–H and O–H groups in total. The minimum Gasteiger partial charge on any atom is -0.493 e. The molecule has 0 spiro atoms. The van der Waals surface area contributed by atoms with E-state index in [9.17, 15) is 4.79 Å². The van der Waals surface area contributed by atoms with Crippen LogP contribution in [0.25, 0.3) is 0 Å². The summed E-state index contributed by atoms with van der Waals surface area (Å²) >= 11 is 1.71. The van der Waals surface area contributed by atoms with Crippen LogP contribution in [0, 0.1) is 0 Å². The molecule has 2 aromatic rings. The Bertz CT molecular complexity index is 796. The third kappa shape index (κ3) is 4.45. The van der Waals surface area contributed by atoms with Crippen LogP contribution in [-0.4, -0.2) is 43.7 Å². The Hall–Kier alpha value is -2.05. The third-order valence-corrected chi connectivity index (χ3v) is 5.57. The molecule has 0 bridgehead atoms. The van der Waals surface area contributed by atoms with Crippen molar-refractivity contribution < 1.29 is 14.3 Å². The molecule has 2 heterocycles. The van der Waals surface area contributed by atoms with Crippen molar-refractivity contribution in [2.75, 3.05) is 27.3 Å². The molecule has 0 fully saturated rings. The maximum Gasteiger partial charge on any atom is 0.234 e. The van der Waals surface area contributed by atoms with Crippen molar-refractivity contribution in [2.24, 2.45) is 0 Å². The lowest BCUT2D eigenvalue weighted by molar-refractivity contribution is -0.124. The zero-order chi connectivity index (χ0) is 19.6. The van der Waals surface area contributed by atoms with E-state index in [1.54, 1.807) is 25.6 Å². The van der Waals surface area contributed by atoms with Crippen LogP contribution in [0.3, 0.4) is 0 Å². The Balaban J connectivity index is 1.97. The van der Waals surface area contributed by atoms with Gasteiger partial charge in [-0.1, -0.05) is 6.07 Å². The Labute approximate surface area is 165 Å². The number of carbonyl (C=O) groups is 1. The molecule has 3 rings (SSSR count). The van der Waals surface area contributed by atoms with E-state index in [1.165, 1.54) is 16.0 Å². The summed E-state index contributed by atoms with van der Waals surface area (Å²) in [4.78, 5) is 16.1. The zero-order valence-corrected chi connectivity index (χ0v) is 17.5. The van der Waals surface area contributed by atoms with Crippen molar-refractivity contribution in [3.8, 4) is 11.5 Å². The number of hydrogen-bond acceptors (Lipinski definition) is 5. The van der Waals surface area contributed by atoms with Gasteiger partial charge in [-0.25, -0.2) is 0 Å². The first kappa shape index (κ1) is 19.7. The summed E-state index contributed by atoms with van der Waals surface area (Å²) in [7, 11) is 3.31. The number of benzene rings is 1. The van der Waals surface area contributed by atoms with E-state index in [1.807, 2.05) is 20.8 Å². The molecular weight excluding hydrogens is 360 g/mol. The highest BCUT2D eigenvalue weighted by molar-refractivity contribution is 7.10. The lowest BCUT2D eigenvalue weighted by Gasteiger charge is -2.37. The number of amides is 1. The van der Waals surface area contributed by atoms with Crippen molar-refractivity contribution in [3.63, 3.8) is 0 Å². The fourth-order valence-electron chi connectivity index (χ4n) is 3.59. The van der Waals surface area contributed by atoms with Crippen molar-refractivity contribution in [1.82, 2.24) is 10.2 Å². The van der Waals surface area contributed by atoms with Gasteiger partial charge in [0.15, 0.2) is 11.5 Å². The van der Waals surface area contributed by atoms with Crippen LogP contribution >= 0.6 is 11.3 Å². The molecule has 0 radical (unpaired) electrons. The highest BCUT2D eigenvalue weighted by Gasteiger charge is 2.32. The summed E-state index contributed by atoms with van der Waals surface area (Å²) in [5.74, 6) is 1.52. The molecule has 5 nitrogen and oxygen atoms in total. The van der Waals surface area contributed by atoms with Crippen LogP contribution < -0.4 is 14.8 Å². The first-order valence-corrected chi connectivity index (χ1v) is 10.0. The van der Waals surface area contributed by atoms with Gasteiger partial charge in [0.2, 0.25) is 5.91 Å².